The van der Waals surface area contributed by atoms with E-state index in [9.17, 15) is 13.2 Å². The topological polar surface area (TPSA) is 68.8 Å². The van der Waals surface area contributed by atoms with E-state index in [1.54, 1.807) is 4.68 Å². The fourth-order valence-electron chi connectivity index (χ4n) is 2.08. The van der Waals surface area contributed by atoms with Gasteiger partial charge in [0.05, 0.1) is 6.04 Å². The van der Waals surface area contributed by atoms with Crippen LogP contribution < -0.4 is 11.3 Å². The normalized spacial score (nSPS) is 12.6. The van der Waals surface area contributed by atoms with E-state index < -0.39 is 23.5 Å². The molecule has 0 saturated heterocycles. The first-order valence-electron chi connectivity index (χ1n) is 6.54. The molecule has 0 bridgehead atoms. The standard InChI is InChI=1S/C13H16F3N5/c1-2-3-21-12(18-7-19-21)6-11(20-17)8-4-9(14)13(16)10(15)5-8/h4-5,7,11,20H,2-3,6,17H2,1H3. The van der Waals surface area contributed by atoms with Gasteiger partial charge in [-0.3, -0.25) is 16.0 Å². The zero-order valence-electron chi connectivity index (χ0n) is 11.5. The van der Waals surface area contributed by atoms with Gasteiger partial charge in [-0.15, -0.1) is 0 Å². The first kappa shape index (κ1) is 15.5. The second-order valence-corrected chi connectivity index (χ2v) is 4.62. The molecule has 0 amide bonds. The number of benzene rings is 1. The van der Waals surface area contributed by atoms with Crippen LogP contribution in [0.3, 0.4) is 0 Å². The summed E-state index contributed by atoms with van der Waals surface area (Å²) in [5, 5.41) is 4.06. The van der Waals surface area contributed by atoms with Gasteiger partial charge in [0.25, 0.3) is 0 Å². The Morgan fingerprint density at radius 1 is 1.29 bits per heavy atom. The summed E-state index contributed by atoms with van der Waals surface area (Å²) in [4.78, 5) is 4.11. The van der Waals surface area contributed by atoms with Crippen molar-refractivity contribution in [1.29, 1.82) is 0 Å². The molecule has 1 aromatic carbocycles. The van der Waals surface area contributed by atoms with E-state index in [0.29, 0.717) is 12.4 Å². The van der Waals surface area contributed by atoms with Gasteiger partial charge in [-0.2, -0.15) is 5.10 Å². The molecule has 2 aromatic rings. The summed E-state index contributed by atoms with van der Waals surface area (Å²) in [5.41, 5.74) is 2.67. The van der Waals surface area contributed by atoms with Crippen molar-refractivity contribution >= 4 is 0 Å². The highest BCUT2D eigenvalue weighted by Gasteiger charge is 2.19. The Labute approximate surface area is 119 Å². The summed E-state index contributed by atoms with van der Waals surface area (Å²) in [6, 6.07) is 1.24. The number of hydrogen-bond donors (Lipinski definition) is 2. The Morgan fingerprint density at radius 2 is 1.95 bits per heavy atom. The molecule has 0 fully saturated rings. The van der Waals surface area contributed by atoms with Crippen molar-refractivity contribution in [3.05, 3.63) is 47.3 Å². The summed E-state index contributed by atoms with van der Waals surface area (Å²) >= 11 is 0. The Balaban J connectivity index is 2.26. The predicted molar refractivity (Wildman–Crippen MR) is 70.4 cm³/mol. The highest BCUT2D eigenvalue weighted by Crippen LogP contribution is 2.21. The van der Waals surface area contributed by atoms with Crippen molar-refractivity contribution in [2.75, 3.05) is 0 Å². The third-order valence-electron chi connectivity index (χ3n) is 3.13. The van der Waals surface area contributed by atoms with Gasteiger partial charge in [0.2, 0.25) is 0 Å². The van der Waals surface area contributed by atoms with E-state index in [1.165, 1.54) is 6.33 Å². The maximum atomic E-state index is 13.3. The van der Waals surface area contributed by atoms with Crippen LogP contribution in [0.1, 0.15) is 30.8 Å². The molecule has 8 heteroatoms. The molecule has 1 heterocycles. The monoisotopic (exact) mass is 299 g/mol. The average Bonchev–Trinajstić information content (AvgIpc) is 2.89. The molecule has 0 radical (unpaired) electrons. The van der Waals surface area contributed by atoms with Crippen LogP contribution in [0.5, 0.6) is 0 Å². The van der Waals surface area contributed by atoms with Gasteiger partial charge in [-0.05, 0) is 24.1 Å². The summed E-state index contributed by atoms with van der Waals surface area (Å²) in [7, 11) is 0. The number of hydrogen-bond acceptors (Lipinski definition) is 4. The number of aryl methyl sites for hydroxylation is 1. The molecule has 114 valence electrons. The maximum absolute atomic E-state index is 13.3. The van der Waals surface area contributed by atoms with E-state index in [2.05, 4.69) is 15.5 Å². The first-order chi connectivity index (χ1) is 10.1. The van der Waals surface area contributed by atoms with Crippen LogP contribution in [-0.4, -0.2) is 14.8 Å². The minimum absolute atomic E-state index is 0.208. The Kier molecular flexibility index (Phi) is 4.92. The number of hydrazine groups is 1. The summed E-state index contributed by atoms with van der Waals surface area (Å²) in [6.07, 6.45) is 2.56. The Bertz CT molecular complexity index is 591. The van der Waals surface area contributed by atoms with Crippen molar-refractivity contribution in [3.63, 3.8) is 0 Å². The number of nitrogens with one attached hydrogen (secondary N) is 1. The molecular formula is C13H16F3N5. The van der Waals surface area contributed by atoms with E-state index in [1.807, 2.05) is 6.92 Å². The molecule has 3 N–H and O–H groups in total. The van der Waals surface area contributed by atoms with Gasteiger partial charge in [0.1, 0.15) is 12.2 Å². The Morgan fingerprint density at radius 3 is 2.52 bits per heavy atom. The predicted octanol–water partition coefficient (Wildman–Crippen LogP) is 1.85. The third kappa shape index (κ3) is 3.40. The number of nitrogens with two attached hydrogens (primary N) is 1. The van der Waals surface area contributed by atoms with Gasteiger partial charge in [-0.25, -0.2) is 18.2 Å². The molecule has 1 aromatic heterocycles. The second kappa shape index (κ2) is 6.68. The van der Waals surface area contributed by atoms with Crippen LogP contribution in [0.2, 0.25) is 0 Å². The average molecular weight is 299 g/mol. The van der Waals surface area contributed by atoms with E-state index in [4.69, 9.17) is 5.84 Å². The smallest absolute Gasteiger partial charge is 0.194 e. The van der Waals surface area contributed by atoms with E-state index in [0.717, 1.165) is 18.6 Å². The van der Waals surface area contributed by atoms with Crippen LogP contribution in [-0.2, 0) is 13.0 Å². The summed E-state index contributed by atoms with van der Waals surface area (Å²) in [6.45, 7) is 2.67. The van der Waals surface area contributed by atoms with Crippen molar-refractivity contribution in [2.45, 2.75) is 32.4 Å². The van der Waals surface area contributed by atoms with Gasteiger partial charge < -0.3 is 0 Å². The SMILES string of the molecule is CCCn1ncnc1CC(NN)c1cc(F)c(F)c(F)c1. The second-order valence-electron chi connectivity index (χ2n) is 4.62. The van der Waals surface area contributed by atoms with E-state index in [-0.39, 0.29) is 12.0 Å². The summed E-state index contributed by atoms with van der Waals surface area (Å²) < 4.78 is 41.3. The van der Waals surface area contributed by atoms with Crippen LogP contribution in [0, 0.1) is 17.5 Å². The molecule has 0 saturated carbocycles. The fraction of sp³-hybridized carbons (Fsp3) is 0.385. The molecule has 1 unspecified atom stereocenters. The number of halogens is 3. The van der Waals surface area contributed by atoms with Crippen molar-refractivity contribution in [3.8, 4) is 0 Å². The third-order valence-corrected chi connectivity index (χ3v) is 3.13. The quantitative estimate of drug-likeness (QED) is 0.485. The molecular weight excluding hydrogens is 283 g/mol. The van der Waals surface area contributed by atoms with Gasteiger partial charge >= 0.3 is 0 Å². The molecule has 0 aliphatic heterocycles. The van der Waals surface area contributed by atoms with Gasteiger partial charge in [-0.1, -0.05) is 6.92 Å². The zero-order valence-corrected chi connectivity index (χ0v) is 11.5. The van der Waals surface area contributed by atoms with Crippen LogP contribution in [0.4, 0.5) is 13.2 Å². The highest BCUT2D eigenvalue weighted by molar-refractivity contribution is 5.23. The van der Waals surface area contributed by atoms with Crippen molar-refractivity contribution in [1.82, 2.24) is 20.2 Å². The lowest BCUT2D eigenvalue weighted by Crippen LogP contribution is -2.30. The summed E-state index contributed by atoms with van der Waals surface area (Å²) in [5.74, 6) is 2.07. The minimum atomic E-state index is -1.50. The number of aromatic nitrogens is 3. The minimum Gasteiger partial charge on any atom is -0.271 e. The largest absolute Gasteiger partial charge is 0.271 e. The maximum Gasteiger partial charge on any atom is 0.194 e. The van der Waals surface area contributed by atoms with Crippen molar-refractivity contribution in [2.24, 2.45) is 5.84 Å². The first-order valence-corrected chi connectivity index (χ1v) is 6.54. The number of rotatable bonds is 6. The lowest BCUT2D eigenvalue weighted by molar-refractivity contribution is 0.437. The molecule has 0 spiro atoms. The lowest BCUT2D eigenvalue weighted by Gasteiger charge is -2.16. The van der Waals surface area contributed by atoms with Crippen molar-refractivity contribution < 1.29 is 13.2 Å². The van der Waals surface area contributed by atoms with Crippen LogP contribution >= 0.6 is 0 Å². The molecule has 5 nitrogen and oxygen atoms in total. The van der Waals surface area contributed by atoms with Crippen LogP contribution in [0.15, 0.2) is 18.5 Å². The molecule has 0 aliphatic carbocycles. The number of nitrogens with zero attached hydrogens (tertiary/aromatic N) is 3. The highest BCUT2D eigenvalue weighted by atomic mass is 19.2. The van der Waals surface area contributed by atoms with Gasteiger partial charge in [0.15, 0.2) is 17.5 Å². The zero-order chi connectivity index (χ0) is 15.4. The molecule has 2 rings (SSSR count). The fourth-order valence-corrected chi connectivity index (χ4v) is 2.08. The molecule has 1 atom stereocenters. The lowest BCUT2D eigenvalue weighted by atomic mass is 10.0. The Hall–Kier alpha value is -1.93. The molecule has 21 heavy (non-hydrogen) atoms. The van der Waals surface area contributed by atoms with Crippen LogP contribution in [0.25, 0.3) is 0 Å². The van der Waals surface area contributed by atoms with E-state index >= 15 is 0 Å². The molecule has 0 aliphatic rings. The van der Waals surface area contributed by atoms with Gasteiger partial charge in [0, 0.05) is 13.0 Å².